The Kier molecular flexibility index (Phi) is 5.05. The summed E-state index contributed by atoms with van der Waals surface area (Å²) in [4.78, 5) is 56.8. The van der Waals surface area contributed by atoms with Gasteiger partial charge >= 0.3 is 5.97 Å². The molecule has 3 fully saturated rings. The van der Waals surface area contributed by atoms with Gasteiger partial charge < -0.3 is 10.1 Å². The number of carbonyl (C=O) groups is 4. The van der Waals surface area contributed by atoms with Crippen LogP contribution in [-0.2, 0) is 23.9 Å². The summed E-state index contributed by atoms with van der Waals surface area (Å²) in [5, 5.41) is 2.84. The zero-order valence-corrected chi connectivity index (χ0v) is 18.5. The fraction of sp³-hybridized carbons (Fsp3) is 0.360. The highest BCUT2D eigenvalue weighted by atomic mass is 16.5. The number of methoxy groups -OCH3 is 1. The average molecular weight is 447 g/mol. The number of fused-ring (bicyclic) bond motifs is 3. The molecule has 3 saturated heterocycles. The molecule has 33 heavy (non-hydrogen) atoms. The van der Waals surface area contributed by atoms with Crippen molar-refractivity contribution in [3.05, 3.63) is 65.7 Å². The fourth-order valence-corrected chi connectivity index (χ4v) is 5.76. The number of nitrogens with zero attached hydrogens (tertiary/aromatic N) is 2. The summed E-state index contributed by atoms with van der Waals surface area (Å²) in [7, 11) is 1.26. The highest BCUT2D eigenvalue weighted by Crippen LogP contribution is 2.57. The third-order valence-corrected chi connectivity index (χ3v) is 7.16. The lowest BCUT2D eigenvalue weighted by Gasteiger charge is -2.45. The lowest BCUT2D eigenvalue weighted by molar-refractivity contribution is -0.154. The van der Waals surface area contributed by atoms with Crippen molar-refractivity contribution in [3.63, 3.8) is 0 Å². The van der Waals surface area contributed by atoms with Crippen molar-refractivity contribution in [2.75, 3.05) is 25.1 Å². The smallest absolute Gasteiger partial charge is 0.307 e. The summed E-state index contributed by atoms with van der Waals surface area (Å²) in [6.07, 6.45) is -0.305. The van der Waals surface area contributed by atoms with E-state index in [9.17, 15) is 19.2 Å². The number of benzene rings is 2. The van der Waals surface area contributed by atoms with E-state index in [1.165, 1.54) is 12.0 Å². The Morgan fingerprint density at radius 2 is 1.76 bits per heavy atom. The van der Waals surface area contributed by atoms with Gasteiger partial charge in [0.15, 0.2) is 0 Å². The van der Waals surface area contributed by atoms with Gasteiger partial charge in [-0.25, -0.2) is 4.90 Å². The Labute approximate surface area is 191 Å². The second-order valence-corrected chi connectivity index (χ2v) is 8.83. The van der Waals surface area contributed by atoms with Crippen molar-refractivity contribution in [1.29, 1.82) is 0 Å². The first kappa shape index (κ1) is 21.3. The Morgan fingerprint density at radius 1 is 1.06 bits per heavy atom. The van der Waals surface area contributed by atoms with Crippen LogP contribution in [0, 0.1) is 18.8 Å². The van der Waals surface area contributed by atoms with E-state index in [1.807, 2.05) is 54.3 Å². The first-order valence-corrected chi connectivity index (χ1v) is 11.0. The van der Waals surface area contributed by atoms with Crippen LogP contribution >= 0.6 is 0 Å². The van der Waals surface area contributed by atoms with Crippen molar-refractivity contribution in [2.45, 2.75) is 24.9 Å². The van der Waals surface area contributed by atoms with Crippen LogP contribution in [0.1, 0.15) is 23.6 Å². The molecule has 2 aromatic rings. The van der Waals surface area contributed by atoms with Gasteiger partial charge in [-0.3, -0.25) is 24.1 Å². The van der Waals surface area contributed by atoms with Gasteiger partial charge in [0.1, 0.15) is 5.54 Å². The van der Waals surface area contributed by atoms with Crippen LogP contribution in [0.2, 0.25) is 0 Å². The number of rotatable bonds is 4. The maximum atomic E-state index is 13.9. The summed E-state index contributed by atoms with van der Waals surface area (Å²) < 4.78 is 4.93. The Bertz CT molecular complexity index is 1130. The largest absolute Gasteiger partial charge is 0.469 e. The molecule has 0 bridgehead atoms. The number of carbonyl (C=O) groups excluding carboxylic acids is 4. The molecule has 4 atom stereocenters. The SMILES string of the molecule is COC(=O)C[C@]12C(=O)NCCN1[C@H](c1ccccc1)[C@@H]1C(=O)N(c3ccc(C)cc3)C(=O)[C@@H]12. The van der Waals surface area contributed by atoms with Crippen LogP contribution in [0.15, 0.2) is 54.6 Å². The number of anilines is 1. The topological polar surface area (TPSA) is 96.0 Å². The van der Waals surface area contributed by atoms with Crippen molar-refractivity contribution < 1.29 is 23.9 Å². The van der Waals surface area contributed by atoms with Gasteiger partial charge in [-0.1, -0.05) is 48.0 Å². The van der Waals surface area contributed by atoms with Gasteiger partial charge in [-0.05, 0) is 24.6 Å². The molecule has 3 heterocycles. The number of piperazine rings is 1. The molecule has 170 valence electrons. The van der Waals surface area contributed by atoms with E-state index in [0.717, 1.165) is 11.1 Å². The third kappa shape index (κ3) is 3.01. The number of hydrogen-bond donors (Lipinski definition) is 1. The summed E-state index contributed by atoms with van der Waals surface area (Å²) in [6.45, 7) is 2.71. The molecule has 0 spiro atoms. The molecular formula is C25H25N3O5. The Balaban J connectivity index is 1.70. The summed E-state index contributed by atoms with van der Waals surface area (Å²) >= 11 is 0. The molecule has 8 nitrogen and oxygen atoms in total. The molecular weight excluding hydrogens is 422 g/mol. The standard InChI is InChI=1S/C25H25N3O5/c1-15-8-10-17(11-9-15)28-22(30)19-20(23(28)31)25(14-18(29)33-2)24(32)26-12-13-27(25)21(19)16-6-4-3-5-7-16/h3-11,19-21H,12-14H2,1-2H3,(H,26,32)/t19-,20-,21-,25+/m1/s1. The molecule has 8 heteroatoms. The van der Waals surface area contributed by atoms with Crippen molar-refractivity contribution in [2.24, 2.45) is 11.8 Å². The summed E-state index contributed by atoms with van der Waals surface area (Å²) in [5.74, 6) is -3.63. The minimum Gasteiger partial charge on any atom is -0.469 e. The van der Waals surface area contributed by atoms with Crippen molar-refractivity contribution in [3.8, 4) is 0 Å². The normalized spacial score (nSPS) is 29.0. The van der Waals surface area contributed by atoms with E-state index in [-0.39, 0.29) is 12.3 Å². The number of esters is 1. The van der Waals surface area contributed by atoms with Crippen LogP contribution in [0.4, 0.5) is 5.69 Å². The zero-order chi connectivity index (χ0) is 23.3. The molecule has 3 aliphatic heterocycles. The van der Waals surface area contributed by atoms with E-state index in [4.69, 9.17) is 4.74 Å². The molecule has 0 radical (unpaired) electrons. The van der Waals surface area contributed by atoms with Gasteiger partial charge in [-0.2, -0.15) is 0 Å². The minimum atomic E-state index is -1.50. The maximum absolute atomic E-state index is 13.9. The van der Waals surface area contributed by atoms with Crippen LogP contribution in [0.3, 0.4) is 0 Å². The Morgan fingerprint density at radius 3 is 2.42 bits per heavy atom. The van der Waals surface area contributed by atoms with Crippen LogP contribution in [0.25, 0.3) is 0 Å². The molecule has 3 amide bonds. The lowest BCUT2D eigenvalue weighted by atomic mass is 9.76. The number of nitrogens with one attached hydrogen (secondary N) is 1. The fourth-order valence-electron chi connectivity index (χ4n) is 5.76. The number of hydrogen-bond acceptors (Lipinski definition) is 6. The molecule has 0 unspecified atom stereocenters. The molecule has 2 aromatic carbocycles. The predicted octanol–water partition coefficient (Wildman–Crippen LogP) is 1.59. The predicted molar refractivity (Wildman–Crippen MR) is 119 cm³/mol. The van der Waals surface area contributed by atoms with Crippen molar-refractivity contribution >= 4 is 29.4 Å². The van der Waals surface area contributed by atoms with E-state index in [2.05, 4.69) is 5.32 Å². The van der Waals surface area contributed by atoms with Gasteiger partial charge in [0, 0.05) is 19.1 Å². The van der Waals surface area contributed by atoms with Gasteiger partial charge in [0.2, 0.25) is 17.7 Å². The summed E-state index contributed by atoms with van der Waals surface area (Å²) in [6, 6.07) is 16.0. The lowest BCUT2D eigenvalue weighted by Crippen LogP contribution is -2.67. The van der Waals surface area contributed by atoms with E-state index >= 15 is 0 Å². The van der Waals surface area contributed by atoms with Gasteiger partial charge in [-0.15, -0.1) is 0 Å². The molecule has 0 aliphatic carbocycles. The maximum Gasteiger partial charge on any atom is 0.307 e. The molecule has 3 aliphatic rings. The van der Waals surface area contributed by atoms with Gasteiger partial charge in [0.25, 0.3) is 0 Å². The zero-order valence-electron chi connectivity index (χ0n) is 18.5. The van der Waals surface area contributed by atoms with E-state index in [1.54, 1.807) is 12.1 Å². The molecule has 0 saturated carbocycles. The van der Waals surface area contributed by atoms with Crippen molar-refractivity contribution in [1.82, 2.24) is 10.2 Å². The van der Waals surface area contributed by atoms with Gasteiger partial charge in [0.05, 0.1) is 31.1 Å². The number of aryl methyl sites for hydroxylation is 1. The number of amides is 3. The van der Waals surface area contributed by atoms with E-state index in [0.29, 0.717) is 18.8 Å². The van der Waals surface area contributed by atoms with E-state index < -0.39 is 41.2 Å². The first-order valence-electron chi connectivity index (χ1n) is 11.0. The average Bonchev–Trinajstić information content (AvgIpc) is 3.26. The quantitative estimate of drug-likeness (QED) is 0.565. The van der Waals surface area contributed by atoms with Crippen LogP contribution in [0.5, 0.6) is 0 Å². The second-order valence-electron chi connectivity index (χ2n) is 8.83. The molecule has 1 N–H and O–H groups in total. The third-order valence-electron chi connectivity index (χ3n) is 7.16. The number of imide groups is 1. The number of ether oxygens (including phenoxy) is 1. The minimum absolute atomic E-state index is 0.305. The van der Waals surface area contributed by atoms with Crippen LogP contribution < -0.4 is 10.2 Å². The first-order chi connectivity index (χ1) is 15.9. The second kappa shape index (κ2) is 7.81. The highest BCUT2D eigenvalue weighted by Gasteiger charge is 2.73. The van der Waals surface area contributed by atoms with Crippen LogP contribution in [-0.4, -0.2) is 54.3 Å². The monoisotopic (exact) mass is 447 g/mol. The highest BCUT2D eigenvalue weighted by molar-refractivity contribution is 6.24. The molecule has 5 rings (SSSR count). The summed E-state index contributed by atoms with van der Waals surface area (Å²) in [5.41, 5.74) is 0.803. The molecule has 0 aromatic heterocycles. The Hall–Kier alpha value is -3.52.